The summed E-state index contributed by atoms with van der Waals surface area (Å²) in [5.74, 6) is 0.599. The lowest BCUT2D eigenvalue weighted by Crippen LogP contribution is -2.24. The minimum Gasteiger partial charge on any atom is -0.482 e. The first-order chi connectivity index (χ1) is 7.63. The van der Waals surface area contributed by atoms with E-state index in [0.29, 0.717) is 17.5 Å². The molecule has 0 aliphatic carbocycles. The Morgan fingerprint density at radius 1 is 1.44 bits per heavy atom. The van der Waals surface area contributed by atoms with Crippen LogP contribution in [0.3, 0.4) is 0 Å². The molecule has 88 valence electrons. The van der Waals surface area contributed by atoms with Gasteiger partial charge in [-0.3, -0.25) is 4.79 Å². The van der Waals surface area contributed by atoms with E-state index in [0.717, 1.165) is 0 Å². The van der Waals surface area contributed by atoms with E-state index < -0.39 is 18.1 Å². The van der Waals surface area contributed by atoms with E-state index in [1.54, 1.807) is 19.1 Å². The molecule has 0 heterocycles. The van der Waals surface area contributed by atoms with Gasteiger partial charge >= 0.3 is 0 Å². The van der Waals surface area contributed by atoms with Crippen molar-refractivity contribution in [3.8, 4) is 5.75 Å². The lowest BCUT2D eigenvalue weighted by atomic mass is 10.3. The lowest BCUT2D eigenvalue weighted by molar-refractivity contribution is -0.116. The van der Waals surface area contributed by atoms with Crippen LogP contribution in [0.2, 0.25) is 0 Å². The molecule has 4 nitrogen and oxygen atoms in total. The summed E-state index contributed by atoms with van der Waals surface area (Å²) < 4.78 is 5.36. The number of ether oxygens (including phenoxy) is 1. The highest BCUT2D eigenvalue weighted by Gasteiger charge is 2.18. The SMILES string of the molecule is CC(Oc1ccccc1)C(=O)SC(O)CO. The number of hydrogen-bond donors (Lipinski definition) is 2. The van der Waals surface area contributed by atoms with Gasteiger partial charge in [0.2, 0.25) is 5.12 Å². The monoisotopic (exact) mass is 242 g/mol. The van der Waals surface area contributed by atoms with Gasteiger partial charge in [0.25, 0.3) is 0 Å². The number of benzene rings is 1. The van der Waals surface area contributed by atoms with Crippen molar-refractivity contribution in [1.82, 2.24) is 0 Å². The van der Waals surface area contributed by atoms with Crippen LogP contribution in [0.4, 0.5) is 0 Å². The van der Waals surface area contributed by atoms with Gasteiger partial charge in [-0.05, 0) is 19.1 Å². The van der Waals surface area contributed by atoms with E-state index in [4.69, 9.17) is 14.9 Å². The van der Waals surface area contributed by atoms with Crippen molar-refractivity contribution in [3.05, 3.63) is 30.3 Å². The Morgan fingerprint density at radius 2 is 2.06 bits per heavy atom. The van der Waals surface area contributed by atoms with Crippen molar-refractivity contribution in [2.45, 2.75) is 18.5 Å². The molecular weight excluding hydrogens is 228 g/mol. The number of aliphatic hydroxyl groups excluding tert-OH is 2. The summed E-state index contributed by atoms with van der Waals surface area (Å²) in [5, 5.41) is 17.4. The zero-order valence-electron chi connectivity index (χ0n) is 8.87. The van der Waals surface area contributed by atoms with Crippen LogP contribution in [-0.4, -0.2) is 33.5 Å². The highest BCUT2D eigenvalue weighted by molar-refractivity contribution is 8.14. The minimum atomic E-state index is -1.09. The average molecular weight is 242 g/mol. The zero-order chi connectivity index (χ0) is 12.0. The number of hydrogen-bond acceptors (Lipinski definition) is 5. The Kier molecular flexibility index (Phi) is 5.31. The van der Waals surface area contributed by atoms with E-state index >= 15 is 0 Å². The molecular formula is C11H14O4S. The maximum Gasteiger partial charge on any atom is 0.231 e. The van der Waals surface area contributed by atoms with Crippen LogP contribution in [0.15, 0.2) is 30.3 Å². The second kappa shape index (κ2) is 6.52. The van der Waals surface area contributed by atoms with Crippen LogP contribution in [0.25, 0.3) is 0 Å². The number of aliphatic hydroxyl groups is 2. The molecule has 16 heavy (non-hydrogen) atoms. The molecule has 0 bridgehead atoms. The molecule has 1 rings (SSSR count). The summed E-state index contributed by atoms with van der Waals surface area (Å²) in [6.07, 6.45) is -0.659. The maximum atomic E-state index is 11.5. The van der Waals surface area contributed by atoms with Gasteiger partial charge in [-0.2, -0.15) is 0 Å². The summed E-state index contributed by atoms with van der Waals surface area (Å²) in [5.41, 5.74) is -1.09. The van der Waals surface area contributed by atoms with Crippen LogP contribution in [-0.2, 0) is 4.79 Å². The van der Waals surface area contributed by atoms with Crippen molar-refractivity contribution in [2.24, 2.45) is 0 Å². The Morgan fingerprint density at radius 3 is 2.62 bits per heavy atom. The first-order valence-corrected chi connectivity index (χ1v) is 5.72. The first-order valence-electron chi connectivity index (χ1n) is 4.84. The molecule has 1 aromatic carbocycles. The van der Waals surface area contributed by atoms with Crippen LogP contribution in [0.5, 0.6) is 5.75 Å². The van der Waals surface area contributed by atoms with Crippen molar-refractivity contribution in [1.29, 1.82) is 0 Å². The fourth-order valence-electron chi connectivity index (χ4n) is 1.02. The van der Waals surface area contributed by atoms with Gasteiger partial charge in [0.1, 0.15) is 11.2 Å². The van der Waals surface area contributed by atoms with Gasteiger partial charge in [-0.25, -0.2) is 0 Å². The molecule has 0 radical (unpaired) electrons. The molecule has 0 spiro atoms. The van der Waals surface area contributed by atoms with E-state index in [-0.39, 0.29) is 5.12 Å². The number of carbonyl (C=O) groups is 1. The molecule has 5 heteroatoms. The Labute approximate surface area is 98.2 Å². The lowest BCUT2D eigenvalue weighted by Gasteiger charge is -2.14. The Balaban J connectivity index is 2.46. The van der Waals surface area contributed by atoms with Crippen molar-refractivity contribution >= 4 is 16.9 Å². The average Bonchev–Trinajstić information content (AvgIpc) is 2.30. The quantitative estimate of drug-likeness (QED) is 0.755. The largest absolute Gasteiger partial charge is 0.482 e. The number of para-hydroxylation sites is 1. The molecule has 0 saturated carbocycles. The Bertz CT molecular complexity index is 328. The smallest absolute Gasteiger partial charge is 0.231 e. The molecule has 2 atom stereocenters. The third kappa shape index (κ3) is 4.22. The van der Waals surface area contributed by atoms with Crippen LogP contribution < -0.4 is 4.74 Å². The predicted molar refractivity (Wildman–Crippen MR) is 62.2 cm³/mol. The van der Waals surface area contributed by atoms with Gasteiger partial charge in [0.05, 0.1) is 6.61 Å². The summed E-state index contributed by atoms with van der Waals surface area (Å²) in [6.45, 7) is 1.15. The number of carbonyl (C=O) groups excluding carboxylic acids is 1. The zero-order valence-corrected chi connectivity index (χ0v) is 9.68. The van der Waals surface area contributed by atoms with E-state index in [1.807, 2.05) is 18.2 Å². The molecule has 0 saturated heterocycles. The van der Waals surface area contributed by atoms with Crippen LogP contribution in [0, 0.1) is 0 Å². The van der Waals surface area contributed by atoms with Crippen LogP contribution >= 0.6 is 11.8 Å². The second-order valence-electron chi connectivity index (χ2n) is 3.15. The van der Waals surface area contributed by atoms with Gasteiger partial charge in [-0.15, -0.1) is 0 Å². The highest BCUT2D eigenvalue weighted by Crippen LogP contribution is 2.16. The maximum absolute atomic E-state index is 11.5. The summed E-state index contributed by atoms with van der Waals surface area (Å²) in [4.78, 5) is 11.5. The van der Waals surface area contributed by atoms with Gasteiger partial charge < -0.3 is 14.9 Å². The molecule has 0 amide bonds. The topological polar surface area (TPSA) is 66.8 Å². The van der Waals surface area contributed by atoms with E-state index in [9.17, 15) is 4.79 Å². The highest BCUT2D eigenvalue weighted by atomic mass is 32.2. The molecule has 2 N–H and O–H groups in total. The standard InChI is InChI=1S/C11H14O4S/c1-8(11(14)16-10(13)7-12)15-9-5-3-2-4-6-9/h2-6,8,10,12-13H,7H2,1H3. The molecule has 0 aliphatic heterocycles. The fraction of sp³-hybridized carbons (Fsp3) is 0.364. The normalized spacial score (nSPS) is 14.2. The van der Waals surface area contributed by atoms with Crippen molar-refractivity contribution in [2.75, 3.05) is 6.61 Å². The second-order valence-corrected chi connectivity index (χ2v) is 4.33. The molecule has 0 fully saturated rings. The molecule has 0 aromatic heterocycles. The summed E-state index contributed by atoms with van der Waals surface area (Å²) >= 11 is 0.669. The first kappa shape index (κ1) is 13.0. The van der Waals surface area contributed by atoms with Gasteiger partial charge in [0, 0.05) is 0 Å². The third-order valence-electron chi connectivity index (χ3n) is 1.80. The molecule has 0 aliphatic rings. The number of rotatable bonds is 5. The van der Waals surface area contributed by atoms with Crippen molar-refractivity contribution < 1.29 is 19.7 Å². The fourth-order valence-corrected chi connectivity index (χ4v) is 1.60. The minimum absolute atomic E-state index is 0.314. The van der Waals surface area contributed by atoms with Gasteiger partial charge in [-0.1, -0.05) is 30.0 Å². The summed E-state index contributed by atoms with van der Waals surface area (Å²) in [6, 6.07) is 8.96. The predicted octanol–water partition coefficient (Wildman–Crippen LogP) is 1.02. The van der Waals surface area contributed by atoms with Crippen molar-refractivity contribution in [3.63, 3.8) is 0 Å². The molecule has 1 aromatic rings. The van der Waals surface area contributed by atoms with Crippen LogP contribution in [0.1, 0.15) is 6.92 Å². The Hall–Kier alpha value is -1.04. The van der Waals surface area contributed by atoms with Gasteiger partial charge in [0.15, 0.2) is 6.10 Å². The summed E-state index contributed by atoms with van der Waals surface area (Å²) in [7, 11) is 0. The number of thioether (sulfide) groups is 1. The van der Waals surface area contributed by atoms with E-state index in [2.05, 4.69) is 0 Å². The van der Waals surface area contributed by atoms with E-state index in [1.165, 1.54) is 0 Å². The molecule has 2 unspecified atom stereocenters. The third-order valence-corrected chi connectivity index (χ3v) is 2.78.